The minimum absolute atomic E-state index is 0.0151. The smallest absolute Gasteiger partial charge is 0.310 e. The average molecular weight is 297 g/mol. The molecule has 1 aromatic heterocycles. The molecule has 0 bridgehead atoms. The maximum Gasteiger partial charge on any atom is 0.310 e. The first kappa shape index (κ1) is 16.7. The van der Waals surface area contributed by atoms with Gasteiger partial charge in [-0.3, -0.25) is 9.59 Å². The first-order chi connectivity index (χ1) is 9.43. The van der Waals surface area contributed by atoms with Crippen molar-refractivity contribution in [2.45, 2.75) is 52.5 Å². The van der Waals surface area contributed by atoms with Crippen molar-refractivity contribution < 1.29 is 14.7 Å². The highest BCUT2D eigenvalue weighted by Crippen LogP contribution is 2.30. The Balaban J connectivity index is 2.55. The van der Waals surface area contributed by atoms with E-state index in [1.165, 1.54) is 4.88 Å². The average Bonchev–Trinajstić information content (AvgIpc) is 2.88. The molecule has 112 valence electrons. The van der Waals surface area contributed by atoms with Gasteiger partial charge in [0.25, 0.3) is 0 Å². The predicted octanol–water partition coefficient (Wildman–Crippen LogP) is 3.08. The molecule has 0 aliphatic carbocycles. The number of rotatable bonds is 8. The van der Waals surface area contributed by atoms with Crippen LogP contribution in [0.2, 0.25) is 0 Å². The third kappa shape index (κ3) is 4.34. The van der Waals surface area contributed by atoms with Gasteiger partial charge in [-0.1, -0.05) is 19.9 Å². The highest BCUT2D eigenvalue weighted by atomic mass is 32.1. The normalized spacial score (nSPS) is 12.9. The van der Waals surface area contributed by atoms with Gasteiger partial charge in [-0.25, -0.2) is 0 Å². The van der Waals surface area contributed by atoms with Gasteiger partial charge in [0.2, 0.25) is 5.91 Å². The Morgan fingerprint density at radius 2 is 2.05 bits per heavy atom. The van der Waals surface area contributed by atoms with Gasteiger partial charge >= 0.3 is 5.97 Å². The first-order valence-corrected chi connectivity index (χ1v) is 7.86. The van der Waals surface area contributed by atoms with E-state index in [0.29, 0.717) is 12.8 Å². The van der Waals surface area contributed by atoms with Crippen LogP contribution in [0.25, 0.3) is 0 Å². The Bertz CT molecular complexity index is 438. The van der Waals surface area contributed by atoms with Crippen molar-refractivity contribution in [2.24, 2.45) is 5.41 Å². The minimum atomic E-state index is -0.938. The SMILES string of the molecule is CCC(CC)(CC(=O)NC(C)Cc1cccs1)C(=O)O. The van der Waals surface area contributed by atoms with Gasteiger partial charge in [0.05, 0.1) is 5.41 Å². The zero-order valence-electron chi connectivity index (χ0n) is 12.3. The fraction of sp³-hybridized carbons (Fsp3) is 0.600. The third-order valence-corrected chi connectivity index (χ3v) is 4.70. The molecule has 0 saturated heterocycles. The van der Waals surface area contributed by atoms with Crippen molar-refractivity contribution in [1.29, 1.82) is 0 Å². The molecule has 0 fully saturated rings. The van der Waals surface area contributed by atoms with Gasteiger partial charge in [0.15, 0.2) is 0 Å². The molecule has 0 spiro atoms. The largest absolute Gasteiger partial charge is 0.481 e. The van der Waals surface area contributed by atoms with E-state index in [0.717, 1.165) is 6.42 Å². The number of nitrogens with one attached hydrogen (secondary N) is 1. The van der Waals surface area contributed by atoms with Crippen LogP contribution in [0.3, 0.4) is 0 Å². The van der Waals surface area contributed by atoms with Crippen molar-refractivity contribution in [3.8, 4) is 0 Å². The van der Waals surface area contributed by atoms with Crippen LogP contribution >= 0.6 is 11.3 Å². The topological polar surface area (TPSA) is 66.4 Å². The molecule has 0 aliphatic heterocycles. The van der Waals surface area contributed by atoms with Gasteiger partial charge in [0.1, 0.15) is 0 Å². The molecule has 0 radical (unpaired) electrons. The van der Waals surface area contributed by atoms with Crippen molar-refractivity contribution in [3.63, 3.8) is 0 Å². The summed E-state index contributed by atoms with van der Waals surface area (Å²) in [5.74, 6) is -1.07. The molecule has 5 heteroatoms. The molecule has 4 nitrogen and oxygen atoms in total. The summed E-state index contributed by atoms with van der Waals surface area (Å²) in [5, 5.41) is 14.2. The molecule has 2 N–H and O–H groups in total. The second kappa shape index (κ2) is 7.43. The summed E-state index contributed by atoms with van der Waals surface area (Å²) in [4.78, 5) is 24.6. The van der Waals surface area contributed by atoms with Gasteiger partial charge in [0, 0.05) is 23.8 Å². The van der Waals surface area contributed by atoms with Crippen LogP contribution in [-0.4, -0.2) is 23.0 Å². The van der Waals surface area contributed by atoms with E-state index >= 15 is 0 Å². The summed E-state index contributed by atoms with van der Waals surface area (Å²) in [6.07, 6.45) is 1.75. The molecule has 1 heterocycles. The third-order valence-electron chi connectivity index (χ3n) is 3.80. The van der Waals surface area contributed by atoms with Crippen LogP contribution in [0.1, 0.15) is 44.9 Å². The number of thiophene rings is 1. The molecular weight excluding hydrogens is 274 g/mol. The summed E-state index contributed by atoms with van der Waals surface area (Å²) in [7, 11) is 0. The van der Waals surface area contributed by atoms with Crippen molar-refractivity contribution in [1.82, 2.24) is 5.32 Å². The Morgan fingerprint density at radius 3 is 2.50 bits per heavy atom. The molecule has 1 unspecified atom stereocenters. The summed E-state index contributed by atoms with van der Waals surface area (Å²) in [5.41, 5.74) is -0.938. The molecule has 1 aromatic rings. The number of aliphatic carboxylic acids is 1. The summed E-state index contributed by atoms with van der Waals surface area (Å²) < 4.78 is 0. The van der Waals surface area contributed by atoms with E-state index in [1.54, 1.807) is 11.3 Å². The molecule has 1 rings (SSSR count). The highest BCUT2D eigenvalue weighted by Gasteiger charge is 2.37. The van der Waals surface area contributed by atoms with Crippen molar-refractivity contribution in [3.05, 3.63) is 22.4 Å². The zero-order chi connectivity index (χ0) is 15.2. The Morgan fingerprint density at radius 1 is 1.40 bits per heavy atom. The molecule has 1 atom stereocenters. The van der Waals surface area contributed by atoms with Crippen LogP contribution in [0, 0.1) is 5.41 Å². The van der Waals surface area contributed by atoms with E-state index in [1.807, 2.05) is 38.3 Å². The first-order valence-electron chi connectivity index (χ1n) is 6.98. The Kier molecular flexibility index (Phi) is 6.20. The molecule has 0 aromatic carbocycles. The second-order valence-corrected chi connectivity index (χ2v) is 6.25. The van der Waals surface area contributed by atoms with Crippen LogP contribution in [0.4, 0.5) is 0 Å². The maximum absolute atomic E-state index is 12.0. The Labute approximate surface area is 124 Å². The summed E-state index contributed by atoms with van der Waals surface area (Å²) in [6, 6.07) is 4.03. The lowest BCUT2D eigenvalue weighted by Crippen LogP contribution is -2.40. The summed E-state index contributed by atoms with van der Waals surface area (Å²) in [6.45, 7) is 5.58. The van der Waals surface area contributed by atoms with Gasteiger partial charge in [-0.05, 0) is 31.2 Å². The van der Waals surface area contributed by atoms with E-state index in [2.05, 4.69) is 5.32 Å². The van der Waals surface area contributed by atoms with Gasteiger partial charge < -0.3 is 10.4 Å². The minimum Gasteiger partial charge on any atom is -0.481 e. The van der Waals surface area contributed by atoms with Crippen molar-refractivity contribution >= 4 is 23.2 Å². The molecule has 1 amide bonds. The molecule has 0 saturated carbocycles. The van der Waals surface area contributed by atoms with E-state index in [-0.39, 0.29) is 18.4 Å². The predicted molar refractivity (Wildman–Crippen MR) is 80.9 cm³/mol. The van der Waals surface area contributed by atoms with Gasteiger partial charge in [-0.15, -0.1) is 11.3 Å². The highest BCUT2D eigenvalue weighted by molar-refractivity contribution is 7.09. The second-order valence-electron chi connectivity index (χ2n) is 5.22. The number of carboxylic acids is 1. The summed E-state index contributed by atoms with van der Waals surface area (Å²) >= 11 is 1.66. The van der Waals surface area contributed by atoms with E-state index in [9.17, 15) is 14.7 Å². The monoisotopic (exact) mass is 297 g/mol. The number of carboxylic acid groups (broad SMARTS) is 1. The number of carbonyl (C=O) groups excluding carboxylic acids is 1. The lowest BCUT2D eigenvalue weighted by molar-refractivity contribution is -0.152. The lowest BCUT2D eigenvalue weighted by atomic mass is 9.79. The lowest BCUT2D eigenvalue weighted by Gasteiger charge is -2.26. The van der Waals surface area contributed by atoms with Crippen LogP contribution in [0.15, 0.2) is 17.5 Å². The van der Waals surface area contributed by atoms with E-state index in [4.69, 9.17) is 0 Å². The molecular formula is C15H23NO3S. The number of hydrogen-bond acceptors (Lipinski definition) is 3. The number of amides is 1. The fourth-order valence-electron chi connectivity index (χ4n) is 2.29. The molecule has 20 heavy (non-hydrogen) atoms. The van der Waals surface area contributed by atoms with E-state index < -0.39 is 11.4 Å². The van der Waals surface area contributed by atoms with Gasteiger partial charge in [-0.2, -0.15) is 0 Å². The van der Waals surface area contributed by atoms with Crippen LogP contribution in [-0.2, 0) is 16.0 Å². The maximum atomic E-state index is 12.0. The fourth-order valence-corrected chi connectivity index (χ4v) is 3.13. The zero-order valence-corrected chi connectivity index (χ0v) is 13.1. The van der Waals surface area contributed by atoms with Crippen LogP contribution < -0.4 is 5.32 Å². The molecule has 0 aliphatic rings. The number of carbonyl (C=O) groups is 2. The van der Waals surface area contributed by atoms with Crippen LogP contribution in [0.5, 0.6) is 0 Å². The van der Waals surface area contributed by atoms with Crippen molar-refractivity contribution in [2.75, 3.05) is 0 Å². The number of hydrogen-bond donors (Lipinski definition) is 2. The standard InChI is InChI=1S/C15H23NO3S/c1-4-15(5-2,14(18)19)10-13(17)16-11(3)9-12-7-6-8-20-12/h6-8,11H,4-5,9-10H2,1-3H3,(H,16,17)(H,18,19). The Hall–Kier alpha value is -1.36. The quantitative estimate of drug-likeness (QED) is 0.775.